The summed E-state index contributed by atoms with van der Waals surface area (Å²) in [5.41, 5.74) is 3.51. The van der Waals surface area contributed by atoms with Gasteiger partial charge in [-0.25, -0.2) is 9.97 Å². The number of rotatable bonds is 4. The van der Waals surface area contributed by atoms with E-state index in [0.29, 0.717) is 29.7 Å². The molecule has 0 saturated carbocycles. The van der Waals surface area contributed by atoms with E-state index < -0.39 is 0 Å². The maximum Gasteiger partial charge on any atom is 0.282 e. The van der Waals surface area contributed by atoms with Gasteiger partial charge in [0, 0.05) is 68.1 Å². The molecule has 4 heterocycles. The molecule has 2 aliphatic heterocycles. The van der Waals surface area contributed by atoms with Gasteiger partial charge in [-0.3, -0.25) is 19.1 Å². The Kier molecular flexibility index (Phi) is 5.35. The van der Waals surface area contributed by atoms with Gasteiger partial charge in [0.25, 0.3) is 11.8 Å². The normalized spacial score (nSPS) is 17.2. The monoisotopic (exact) mass is 472 g/mol. The summed E-state index contributed by atoms with van der Waals surface area (Å²) in [6, 6.07) is 16.2. The van der Waals surface area contributed by atoms with Gasteiger partial charge in [0.15, 0.2) is 5.01 Å². The number of hydrogen-bond donors (Lipinski definition) is 0. The lowest BCUT2D eigenvalue weighted by atomic mass is 10.0. The molecule has 0 radical (unpaired) electrons. The molecule has 0 aliphatic carbocycles. The van der Waals surface area contributed by atoms with E-state index in [-0.39, 0.29) is 11.8 Å². The van der Waals surface area contributed by atoms with Crippen molar-refractivity contribution in [2.45, 2.75) is 6.04 Å². The van der Waals surface area contributed by atoms with Gasteiger partial charge in [0.2, 0.25) is 0 Å². The molecular weight excluding hydrogens is 448 g/mol. The average molecular weight is 473 g/mol. The number of carbonyl (C=O) groups is 2. The summed E-state index contributed by atoms with van der Waals surface area (Å²) < 4.78 is 2.03. The second-order valence-corrected chi connectivity index (χ2v) is 9.58. The molecule has 2 saturated heterocycles. The molecule has 2 aromatic heterocycles. The number of carbonyl (C=O) groups excluding carboxylic acids is 2. The Morgan fingerprint density at radius 1 is 0.882 bits per heavy atom. The second kappa shape index (κ2) is 8.66. The molecule has 9 heteroatoms. The molecule has 0 spiro atoms. The average Bonchev–Trinajstić information content (AvgIpc) is 3.54. The van der Waals surface area contributed by atoms with Crippen molar-refractivity contribution >= 4 is 34.2 Å². The van der Waals surface area contributed by atoms with E-state index in [4.69, 9.17) is 0 Å². The number of imidazole rings is 1. The van der Waals surface area contributed by atoms with Crippen molar-refractivity contribution in [3.63, 3.8) is 0 Å². The number of amides is 2. The van der Waals surface area contributed by atoms with Crippen molar-refractivity contribution in [2.75, 3.05) is 39.3 Å². The molecular formula is C25H24N6O2S. The molecule has 0 N–H and O–H groups in total. The highest BCUT2D eigenvalue weighted by Gasteiger charge is 2.37. The van der Waals surface area contributed by atoms with E-state index >= 15 is 0 Å². The highest BCUT2D eigenvalue weighted by Crippen LogP contribution is 2.23. The first-order valence-corrected chi connectivity index (χ1v) is 12.3. The molecule has 2 fully saturated rings. The maximum atomic E-state index is 13.1. The fourth-order valence-electron chi connectivity index (χ4n) is 4.73. The van der Waals surface area contributed by atoms with E-state index in [2.05, 4.69) is 14.9 Å². The van der Waals surface area contributed by atoms with Crippen molar-refractivity contribution in [1.82, 2.24) is 29.2 Å². The number of fused-ring (bicyclic) bond motifs is 1. The van der Waals surface area contributed by atoms with Crippen LogP contribution in [0.5, 0.6) is 0 Å². The van der Waals surface area contributed by atoms with Crippen LogP contribution in [0.4, 0.5) is 0 Å². The Morgan fingerprint density at radius 3 is 2.41 bits per heavy atom. The summed E-state index contributed by atoms with van der Waals surface area (Å²) in [6.45, 7) is 4.48. The SMILES string of the molecule is O=C(c1ccc2c(c1)ncn2-c1ccccc1)N1CC(N2CCN(C(=O)c3nccs3)CC2)C1. The summed E-state index contributed by atoms with van der Waals surface area (Å²) in [6.07, 6.45) is 3.47. The molecule has 0 unspecified atom stereocenters. The van der Waals surface area contributed by atoms with Crippen LogP contribution in [0.25, 0.3) is 16.7 Å². The lowest BCUT2D eigenvalue weighted by molar-refractivity contribution is 0.00854. The Hall–Kier alpha value is -3.56. The van der Waals surface area contributed by atoms with Gasteiger partial charge in [-0.1, -0.05) is 18.2 Å². The largest absolute Gasteiger partial charge is 0.335 e. The van der Waals surface area contributed by atoms with Crippen molar-refractivity contribution in [1.29, 1.82) is 0 Å². The summed E-state index contributed by atoms with van der Waals surface area (Å²) in [5, 5.41) is 2.38. The number of thiazole rings is 1. The van der Waals surface area contributed by atoms with Gasteiger partial charge in [0.1, 0.15) is 6.33 Å². The first kappa shape index (κ1) is 21.0. The zero-order chi connectivity index (χ0) is 23.1. The molecule has 2 aromatic carbocycles. The molecule has 2 aliphatic rings. The number of nitrogens with zero attached hydrogens (tertiary/aromatic N) is 6. The fraction of sp³-hybridized carbons (Fsp3) is 0.280. The number of piperazine rings is 1. The summed E-state index contributed by atoms with van der Waals surface area (Å²) >= 11 is 1.38. The van der Waals surface area contributed by atoms with Gasteiger partial charge in [-0.05, 0) is 30.3 Å². The van der Waals surface area contributed by atoms with Crippen LogP contribution in [0.3, 0.4) is 0 Å². The Bertz CT molecular complexity index is 1320. The van der Waals surface area contributed by atoms with Crippen LogP contribution in [-0.4, -0.2) is 86.4 Å². The molecule has 8 nitrogen and oxygen atoms in total. The fourth-order valence-corrected chi connectivity index (χ4v) is 5.33. The van der Waals surface area contributed by atoms with Crippen LogP contribution in [0.15, 0.2) is 66.4 Å². The molecule has 6 rings (SSSR count). The summed E-state index contributed by atoms with van der Waals surface area (Å²) in [7, 11) is 0. The van der Waals surface area contributed by atoms with E-state index in [1.165, 1.54) is 11.3 Å². The lowest BCUT2D eigenvalue weighted by Crippen LogP contribution is -2.64. The van der Waals surface area contributed by atoms with Gasteiger partial charge < -0.3 is 9.80 Å². The quantitative estimate of drug-likeness (QED) is 0.457. The van der Waals surface area contributed by atoms with E-state index in [0.717, 1.165) is 42.9 Å². The van der Waals surface area contributed by atoms with Crippen molar-refractivity contribution in [3.05, 3.63) is 77.0 Å². The molecule has 2 amide bonds. The number of aromatic nitrogens is 3. The van der Waals surface area contributed by atoms with E-state index in [1.807, 2.05) is 68.3 Å². The smallest absolute Gasteiger partial charge is 0.282 e. The zero-order valence-corrected chi connectivity index (χ0v) is 19.4. The van der Waals surface area contributed by atoms with Gasteiger partial charge in [0.05, 0.1) is 11.0 Å². The van der Waals surface area contributed by atoms with E-state index in [1.54, 1.807) is 12.5 Å². The van der Waals surface area contributed by atoms with Crippen LogP contribution in [0.2, 0.25) is 0 Å². The van der Waals surface area contributed by atoms with Gasteiger partial charge in [-0.15, -0.1) is 11.3 Å². The Balaban J connectivity index is 1.06. The third kappa shape index (κ3) is 3.76. The standard InChI is InChI=1S/C25H24N6O2S/c32-24(18-6-7-22-21(14-18)27-17-31(22)19-4-2-1-3-5-19)30-15-20(16-30)28-9-11-29(12-10-28)25(33)23-26-8-13-34-23/h1-8,13-14,17,20H,9-12,15-16H2. The zero-order valence-electron chi connectivity index (χ0n) is 18.6. The highest BCUT2D eigenvalue weighted by atomic mass is 32.1. The van der Waals surface area contributed by atoms with Crippen molar-refractivity contribution in [2.24, 2.45) is 0 Å². The van der Waals surface area contributed by atoms with Crippen LogP contribution in [-0.2, 0) is 0 Å². The van der Waals surface area contributed by atoms with Crippen LogP contribution in [0.1, 0.15) is 20.2 Å². The molecule has 0 bridgehead atoms. The highest BCUT2D eigenvalue weighted by molar-refractivity contribution is 7.11. The van der Waals surface area contributed by atoms with E-state index in [9.17, 15) is 9.59 Å². The number of hydrogen-bond acceptors (Lipinski definition) is 6. The van der Waals surface area contributed by atoms with Crippen molar-refractivity contribution in [3.8, 4) is 5.69 Å². The molecule has 4 aromatic rings. The minimum absolute atomic E-state index is 0.0187. The first-order valence-electron chi connectivity index (χ1n) is 11.4. The summed E-state index contributed by atoms with van der Waals surface area (Å²) in [5.74, 6) is 0.0650. The minimum atomic E-state index is 0.0187. The van der Waals surface area contributed by atoms with Gasteiger partial charge in [-0.2, -0.15) is 0 Å². The van der Waals surface area contributed by atoms with Gasteiger partial charge >= 0.3 is 0 Å². The third-order valence-corrected chi connectivity index (χ3v) is 7.47. The van der Waals surface area contributed by atoms with Crippen LogP contribution < -0.4 is 0 Å². The molecule has 172 valence electrons. The summed E-state index contributed by atoms with van der Waals surface area (Å²) in [4.78, 5) is 40.4. The number of benzene rings is 2. The third-order valence-electron chi connectivity index (χ3n) is 6.71. The second-order valence-electron chi connectivity index (χ2n) is 8.68. The number of likely N-dealkylation sites (tertiary alicyclic amines) is 1. The Morgan fingerprint density at radius 2 is 1.68 bits per heavy atom. The van der Waals surface area contributed by atoms with Crippen LogP contribution >= 0.6 is 11.3 Å². The topological polar surface area (TPSA) is 74.6 Å². The number of para-hydroxylation sites is 1. The first-order chi connectivity index (χ1) is 16.7. The predicted octanol–water partition coefficient (Wildman–Crippen LogP) is 2.76. The Labute approximate surface area is 201 Å². The predicted molar refractivity (Wildman–Crippen MR) is 130 cm³/mol. The maximum absolute atomic E-state index is 13.1. The van der Waals surface area contributed by atoms with Crippen LogP contribution in [0, 0.1) is 0 Å². The van der Waals surface area contributed by atoms with Crippen molar-refractivity contribution < 1.29 is 9.59 Å². The molecule has 34 heavy (non-hydrogen) atoms. The minimum Gasteiger partial charge on any atom is -0.335 e. The lowest BCUT2D eigenvalue weighted by Gasteiger charge is -2.48. The molecule has 0 atom stereocenters.